The molecule has 3 rings (SSSR count). The van der Waals surface area contributed by atoms with Gasteiger partial charge in [0, 0.05) is 24.1 Å². The highest BCUT2D eigenvalue weighted by Crippen LogP contribution is 2.25. The third kappa shape index (κ3) is 3.50. The average molecular weight is 365 g/mol. The van der Waals surface area contributed by atoms with E-state index >= 15 is 0 Å². The molecule has 132 valence electrons. The Hall–Kier alpha value is -2.99. The second-order valence-electron chi connectivity index (χ2n) is 5.94. The van der Waals surface area contributed by atoms with Crippen molar-refractivity contribution in [2.45, 2.75) is 20.4 Å². The van der Waals surface area contributed by atoms with Crippen LogP contribution in [-0.2, 0) is 6.54 Å². The van der Waals surface area contributed by atoms with E-state index in [0.29, 0.717) is 6.54 Å². The molecule has 0 spiro atoms. The zero-order valence-corrected chi connectivity index (χ0v) is 15.5. The van der Waals surface area contributed by atoms with Gasteiger partial charge in [0.15, 0.2) is 4.80 Å². The molecule has 0 aliphatic carbocycles. The number of hydrogen-bond acceptors (Lipinski definition) is 4. The van der Waals surface area contributed by atoms with Crippen molar-refractivity contribution < 1.29 is 4.92 Å². The largest absolute Gasteiger partial charge is 0.313 e. The summed E-state index contributed by atoms with van der Waals surface area (Å²) in [5, 5.41) is 12.9. The van der Waals surface area contributed by atoms with Crippen molar-refractivity contribution in [2.24, 2.45) is 4.99 Å². The molecule has 1 heterocycles. The Kier molecular flexibility index (Phi) is 5.14. The molecule has 1 aromatic heterocycles. The van der Waals surface area contributed by atoms with E-state index < -0.39 is 4.92 Å². The summed E-state index contributed by atoms with van der Waals surface area (Å²) in [7, 11) is 0. The topological polar surface area (TPSA) is 60.4 Å². The second kappa shape index (κ2) is 7.49. The van der Waals surface area contributed by atoms with Crippen LogP contribution >= 0.6 is 11.3 Å². The average Bonchev–Trinajstić information content (AvgIpc) is 3.02. The predicted molar refractivity (Wildman–Crippen MR) is 106 cm³/mol. The van der Waals surface area contributed by atoms with Gasteiger partial charge in [-0.15, -0.1) is 17.9 Å². The van der Waals surface area contributed by atoms with Crippen LogP contribution in [0.1, 0.15) is 11.1 Å². The zero-order chi connectivity index (χ0) is 18.7. The van der Waals surface area contributed by atoms with Crippen LogP contribution in [0.3, 0.4) is 0 Å². The van der Waals surface area contributed by atoms with Gasteiger partial charge in [-0.05, 0) is 48.7 Å². The molecule has 0 fully saturated rings. The highest BCUT2D eigenvalue weighted by Gasteiger charge is 2.10. The summed E-state index contributed by atoms with van der Waals surface area (Å²) in [4.78, 5) is 16.2. The van der Waals surface area contributed by atoms with Crippen LogP contribution < -0.4 is 4.80 Å². The minimum atomic E-state index is -0.392. The molecule has 0 unspecified atom stereocenters. The number of nitro groups is 1. The molecule has 0 saturated heterocycles. The fourth-order valence-corrected chi connectivity index (χ4v) is 3.60. The van der Waals surface area contributed by atoms with Crippen LogP contribution in [0, 0.1) is 24.0 Å². The molecular weight excluding hydrogens is 346 g/mol. The lowest BCUT2D eigenvalue weighted by Gasteiger charge is -2.07. The van der Waals surface area contributed by atoms with Crippen molar-refractivity contribution in [1.82, 2.24) is 4.57 Å². The van der Waals surface area contributed by atoms with Crippen LogP contribution in [0.15, 0.2) is 65.5 Å². The van der Waals surface area contributed by atoms with Gasteiger partial charge in [-0.2, -0.15) is 0 Å². The van der Waals surface area contributed by atoms with Gasteiger partial charge in [0.05, 0.1) is 16.3 Å². The summed E-state index contributed by atoms with van der Waals surface area (Å²) in [5.74, 6) is 0. The fraction of sp³-hybridized carbons (Fsp3) is 0.150. The number of nitrogens with zero attached hydrogens (tertiary/aromatic N) is 3. The van der Waals surface area contributed by atoms with Crippen molar-refractivity contribution in [3.05, 3.63) is 86.5 Å². The number of hydrogen-bond donors (Lipinski definition) is 0. The quantitative estimate of drug-likeness (QED) is 0.356. The molecular formula is C20H19N3O2S. The van der Waals surface area contributed by atoms with Gasteiger partial charge in [-0.3, -0.25) is 10.1 Å². The van der Waals surface area contributed by atoms with E-state index in [1.807, 2.05) is 23.6 Å². The second-order valence-corrected chi connectivity index (χ2v) is 6.77. The van der Waals surface area contributed by atoms with Gasteiger partial charge < -0.3 is 4.57 Å². The number of aryl methyl sites for hydroxylation is 1. The first kappa shape index (κ1) is 17.8. The first-order valence-electron chi connectivity index (χ1n) is 8.16. The number of thiazole rings is 1. The molecule has 0 saturated carbocycles. The monoisotopic (exact) mass is 365 g/mol. The Morgan fingerprint density at radius 3 is 2.62 bits per heavy atom. The first-order valence-corrected chi connectivity index (χ1v) is 9.04. The molecule has 0 amide bonds. The van der Waals surface area contributed by atoms with Gasteiger partial charge in [0.25, 0.3) is 5.69 Å². The summed E-state index contributed by atoms with van der Waals surface area (Å²) in [5.41, 5.74) is 5.26. The Morgan fingerprint density at radius 1 is 1.23 bits per heavy atom. The maximum atomic E-state index is 10.9. The van der Waals surface area contributed by atoms with Gasteiger partial charge in [0.1, 0.15) is 0 Å². The smallest absolute Gasteiger partial charge is 0.269 e. The van der Waals surface area contributed by atoms with E-state index in [4.69, 9.17) is 4.99 Å². The van der Waals surface area contributed by atoms with Crippen molar-refractivity contribution in [3.8, 4) is 11.3 Å². The number of nitro benzene ring substituents is 1. The minimum absolute atomic E-state index is 0.0829. The van der Waals surface area contributed by atoms with Gasteiger partial charge in [-0.25, -0.2) is 4.99 Å². The summed E-state index contributed by atoms with van der Waals surface area (Å²) >= 11 is 1.55. The number of benzene rings is 2. The Balaban J connectivity index is 2.12. The lowest BCUT2D eigenvalue weighted by atomic mass is 10.1. The third-order valence-electron chi connectivity index (χ3n) is 4.28. The van der Waals surface area contributed by atoms with Crippen LogP contribution in [0.25, 0.3) is 11.3 Å². The fourth-order valence-electron chi connectivity index (χ4n) is 2.67. The Labute approximate surface area is 155 Å². The van der Waals surface area contributed by atoms with Gasteiger partial charge >= 0.3 is 0 Å². The number of aromatic nitrogens is 1. The van der Waals surface area contributed by atoms with Crippen LogP contribution in [0.4, 0.5) is 11.4 Å². The molecule has 0 N–H and O–H groups in total. The molecule has 3 aromatic rings. The summed E-state index contributed by atoms with van der Waals surface area (Å²) < 4.78 is 2.07. The molecule has 0 aliphatic rings. The predicted octanol–water partition coefficient (Wildman–Crippen LogP) is 5.16. The summed E-state index contributed by atoms with van der Waals surface area (Å²) in [6, 6.07) is 12.7. The maximum absolute atomic E-state index is 10.9. The summed E-state index contributed by atoms with van der Waals surface area (Å²) in [6.45, 7) is 8.59. The first-order chi connectivity index (χ1) is 12.5. The highest BCUT2D eigenvalue weighted by atomic mass is 32.1. The van der Waals surface area contributed by atoms with E-state index in [1.165, 1.54) is 17.7 Å². The molecule has 26 heavy (non-hydrogen) atoms. The van der Waals surface area contributed by atoms with E-state index in [2.05, 4.69) is 31.1 Å². The SMILES string of the molecule is C=CCn1c(-c2ccc([N+](=O)[O-])cc2)csc1=Nc1cccc(C)c1C. The lowest BCUT2D eigenvalue weighted by Crippen LogP contribution is -2.15. The van der Waals surface area contributed by atoms with Crippen LogP contribution in [0.5, 0.6) is 0 Å². The molecule has 0 aliphatic heterocycles. The number of non-ortho nitro benzene ring substituents is 1. The Bertz CT molecular complexity index is 1030. The highest BCUT2D eigenvalue weighted by molar-refractivity contribution is 7.07. The van der Waals surface area contributed by atoms with Gasteiger partial charge in [0.2, 0.25) is 0 Å². The van der Waals surface area contributed by atoms with Crippen LogP contribution in [-0.4, -0.2) is 9.49 Å². The molecule has 0 atom stereocenters. The zero-order valence-electron chi connectivity index (χ0n) is 14.7. The van der Waals surface area contributed by atoms with Crippen molar-refractivity contribution >= 4 is 22.7 Å². The third-order valence-corrected chi connectivity index (χ3v) is 5.14. The van der Waals surface area contributed by atoms with Crippen molar-refractivity contribution in [2.75, 3.05) is 0 Å². The molecule has 0 bridgehead atoms. The minimum Gasteiger partial charge on any atom is -0.313 e. The van der Waals surface area contributed by atoms with E-state index in [9.17, 15) is 10.1 Å². The summed E-state index contributed by atoms with van der Waals surface area (Å²) in [6.07, 6.45) is 1.82. The van der Waals surface area contributed by atoms with E-state index in [1.54, 1.807) is 23.5 Å². The van der Waals surface area contributed by atoms with E-state index in [-0.39, 0.29) is 5.69 Å². The Morgan fingerprint density at radius 2 is 1.96 bits per heavy atom. The van der Waals surface area contributed by atoms with Crippen molar-refractivity contribution in [3.63, 3.8) is 0 Å². The van der Waals surface area contributed by atoms with E-state index in [0.717, 1.165) is 27.3 Å². The van der Waals surface area contributed by atoms with Crippen LogP contribution in [0.2, 0.25) is 0 Å². The lowest BCUT2D eigenvalue weighted by molar-refractivity contribution is -0.384. The van der Waals surface area contributed by atoms with Gasteiger partial charge in [-0.1, -0.05) is 18.2 Å². The molecule has 2 aromatic carbocycles. The standard InChI is InChI=1S/C20H19N3O2S/c1-4-12-22-19(16-8-10-17(11-9-16)23(24)25)13-26-20(22)21-18-7-5-6-14(2)15(18)3/h4-11,13H,1,12H2,2-3H3. The maximum Gasteiger partial charge on any atom is 0.269 e. The number of rotatable bonds is 5. The normalized spacial score (nSPS) is 11.5. The molecule has 0 radical (unpaired) electrons. The molecule has 6 heteroatoms. The van der Waals surface area contributed by atoms with Crippen molar-refractivity contribution in [1.29, 1.82) is 0 Å². The molecule has 5 nitrogen and oxygen atoms in total. The number of allylic oxidation sites excluding steroid dienone is 1.